The molecule has 0 aromatic carbocycles. The lowest BCUT2D eigenvalue weighted by molar-refractivity contribution is -0.116. The second kappa shape index (κ2) is 6.59. The fourth-order valence-corrected chi connectivity index (χ4v) is 1.05. The molecule has 1 aromatic rings. The van der Waals surface area contributed by atoms with E-state index in [0.717, 1.165) is 12.1 Å². The molecule has 0 aliphatic carbocycles. The van der Waals surface area contributed by atoms with Gasteiger partial charge < -0.3 is 10.3 Å². The average Bonchev–Trinajstić information content (AvgIpc) is 2.71. The second-order valence-electron chi connectivity index (χ2n) is 3.00. The Hall–Kier alpha value is -1.84. The smallest absolute Gasteiger partial charge is 0.243 e. The van der Waals surface area contributed by atoms with Crippen LogP contribution < -0.4 is 5.32 Å². The van der Waals surface area contributed by atoms with Gasteiger partial charge in [-0.1, -0.05) is 18.2 Å². The number of hydrogen-bond donors (Lipinski definition) is 2. The molecule has 1 heterocycles. The number of rotatable bonds is 5. The van der Waals surface area contributed by atoms with Crippen LogP contribution in [0.15, 0.2) is 36.8 Å². The number of carbonyl (C=O) groups is 1. The number of carbonyl (C=O) groups excluding carboxylic acids is 1. The van der Waals surface area contributed by atoms with Crippen LogP contribution in [0.1, 0.15) is 12.6 Å². The van der Waals surface area contributed by atoms with Crippen molar-refractivity contribution in [3.8, 4) is 0 Å². The Morgan fingerprint density at radius 1 is 1.60 bits per heavy atom. The maximum atomic E-state index is 11.2. The van der Waals surface area contributed by atoms with Crippen molar-refractivity contribution < 1.29 is 4.79 Å². The van der Waals surface area contributed by atoms with E-state index < -0.39 is 0 Å². The lowest BCUT2D eigenvalue weighted by Crippen LogP contribution is -2.23. The summed E-state index contributed by atoms with van der Waals surface area (Å²) in [6.45, 7) is 2.52. The molecule has 4 heteroatoms. The molecule has 4 nitrogen and oxygen atoms in total. The van der Waals surface area contributed by atoms with Crippen LogP contribution in [0.3, 0.4) is 0 Å². The molecule has 0 atom stereocenters. The lowest BCUT2D eigenvalue weighted by atomic mass is 10.3. The minimum absolute atomic E-state index is 0.0763. The van der Waals surface area contributed by atoms with E-state index in [1.54, 1.807) is 18.6 Å². The van der Waals surface area contributed by atoms with Gasteiger partial charge in [-0.25, -0.2) is 4.98 Å². The number of imidazole rings is 1. The summed E-state index contributed by atoms with van der Waals surface area (Å²) < 4.78 is 0. The first-order chi connectivity index (χ1) is 7.33. The lowest BCUT2D eigenvalue weighted by Gasteiger charge is -1.99. The minimum Gasteiger partial charge on any atom is -0.352 e. The molecule has 80 valence electrons. The van der Waals surface area contributed by atoms with Gasteiger partial charge in [-0.15, -0.1) is 0 Å². The number of H-pyrrole nitrogens is 1. The van der Waals surface area contributed by atoms with Crippen LogP contribution in [0.4, 0.5) is 0 Å². The Labute approximate surface area is 89.1 Å². The molecule has 1 aromatic heterocycles. The zero-order valence-electron chi connectivity index (χ0n) is 8.73. The third-order valence-electron chi connectivity index (χ3n) is 1.80. The molecule has 15 heavy (non-hydrogen) atoms. The van der Waals surface area contributed by atoms with E-state index in [2.05, 4.69) is 15.3 Å². The first-order valence-corrected chi connectivity index (χ1v) is 4.87. The maximum Gasteiger partial charge on any atom is 0.243 e. The van der Waals surface area contributed by atoms with E-state index in [9.17, 15) is 4.79 Å². The largest absolute Gasteiger partial charge is 0.352 e. The van der Waals surface area contributed by atoms with Crippen molar-refractivity contribution in [3.63, 3.8) is 0 Å². The van der Waals surface area contributed by atoms with E-state index >= 15 is 0 Å². The van der Waals surface area contributed by atoms with E-state index in [4.69, 9.17) is 0 Å². The number of hydrogen-bond acceptors (Lipinski definition) is 2. The van der Waals surface area contributed by atoms with Crippen LogP contribution in [0.5, 0.6) is 0 Å². The minimum atomic E-state index is -0.0763. The van der Waals surface area contributed by atoms with Gasteiger partial charge in [0.2, 0.25) is 5.91 Å². The zero-order valence-corrected chi connectivity index (χ0v) is 8.73. The molecular weight excluding hydrogens is 190 g/mol. The molecule has 0 fully saturated rings. The van der Waals surface area contributed by atoms with Crippen LogP contribution in [0.25, 0.3) is 0 Å². The molecule has 0 unspecified atom stereocenters. The number of nitrogens with one attached hydrogen (secondary N) is 2. The highest BCUT2D eigenvalue weighted by Gasteiger charge is 1.95. The SMILES string of the molecule is CC=CC=CC(=O)NCCc1cnc[nH]1. The molecule has 1 amide bonds. The zero-order chi connectivity index (χ0) is 10.9. The van der Waals surface area contributed by atoms with Crippen molar-refractivity contribution in [3.05, 3.63) is 42.5 Å². The molecular formula is C11H15N3O. The Kier molecular flexibility index (Phi) is 4.94. The molecule has 0 aliphatic heterocycles. The quantitative estimate of drug-likeness (QED) is 0.560. The predicted octanol–water partition coefficient (Wildman–Crippen LogP) is 1.20. The van der Waals surface area contributed by atoms with Crippen molar-refractivity contribution >= 4 is 5.91 Å². The first kappa shape index (κ1) is 11.2. The molecule has 0 radical (unpaired) electrons. The highest BCUT2D eigenvalue weighted by atomic mass is 16.1. The summed E-state index contributed by atoms with van der Waals surface area (Å²) in [6, 6.07) is 0. The van der Waals surface area contributed by atoms with Crippen molar-refractivity contribution in [1.82, 2.24) is 15.3 Å². The number of allylic oxidation sites excluding steroid dienone is 3. The summed E-state index contributed by atoms with van der Waals surface area (Å²) in [4.78, 5) is 18.0. The van der Waals surface area contributed by atoms with Gasteiger partial charge in [0, 0.05) is 30.9 Å². The predicted molar refractivity (Wildman–Crippen MR) is 59.3 cm³/mol. The fraction of sp³-hybridized carbons (Fsp3) is 0.273. The van der Waals surface area contributed by atoms with Gasteiger partial charge in [-0.05, 0) is 6.92 Å². The van der Waals surface area contributed by atoms with Crippen molar-refractivity contribution in [2.24, 2.45) is 0 Å². The molecule has 1 rings (SSSR count). The maximum absolute atomic E-state index is 11.2. The summed E-state index contributed by atoms with van der Waals surface area (Å²) >= 11 is 0. The van der Waals surface area contributed by atoms with Gasteiger partial charge in [-0.2, -0.15) is 0 Å². The molecule has 0 spiro atoms. The Morgan fingerprint density at radius 2 is 2.47 bits per heavy atom. The third kappa shape index (κ3) is 4.81. The van der Waals surface area contributed by atoms with Crippen molar-refractivity contribution in [2.45, 2.75) is 13.3 Å². The highest BCUT2D eigenvalue weighted by molar-refractivity contribution is 5.87. The molecule has 0 bridgehead atoms. The summed E-state index contributed by atoms with van der Waals surface area (Å²) in [5, 5.41) is 2.77. The molecule has 0 saturated carbocycles. The Balaban J connectivity index is 2.17. The second-order valence-corrected chi connectivity index (χ2v) is 3.00. The average molecular weight is 205 g/mol. The third-order valence-corrected chi connectivity index (χ3v) is 1.80. The van der Waals surface area contributed by atoms with Crippen LogP contribution in [-0.4, -0.2) is 22.4 Å². The van der Waals surface area contributed by atoms with Crippen LogP contribution >= 0.6 is 0 Å². The summed E-state index contributed by atoms with van der Waals surface area (Å²) in [6.07, 6.45) is 11.1. The van der Waals surface area contributed by atoms with Crippen molar-refractivity contribution in [1.29, 1.82) is 0 Å². The van der Waals surface area contributed by atoms with Gasteiger partial charge in [0.1, 0.15) is 0 Å². The molecule has 0 saturated heterocycles. The van der Waals surface area contributed by atoms with Crippen LogP contribution in [-0.2, 0) is 11.2 Å². The fourth-order valence-electron chi connectivity index (χ4n) is 1.05. The first-order valence-electron chi connectivity index (χ1n) is 4.87. The van der Waals surface area contributed by atoms with Crippen molar-refractivity contribution in [2.75, 3.05) is 6.54 Å². The number of amides is 1. The summed E-state index contributed by atoms with van der Waals surface area (Å²) in [5.41, 5.74) is 1.02. The van der Waals surface area contributed by atoms with Gasteiger partial charge in [0.15, 0.2) is 0 Å². The standard InChI is InChI=1S/C11H15N3O/c1-2-3-4-5-11(15)13-7-6-10-8-12-9-14-10/h2-5,8-9H,6-7H2,1H3,(H,12,14)(H,13,15). The molecule has 0 aliphatic rings. The van der Waals surface area contributed by atoms with Gasteiger partial charge in [0.05, 0.1) is 6.33 Å². The number of aromatic amines is 1. The normalized spacial score (nSPS) is 11.3. The van der Waals surface area contributed by atoms with E-state index in [1.807, 2.05) is 19.1 Å². The van der Waals surface area contributed by atoms with E-state index in [1.165, 1.54) is 6.08 Å². The summed E-state index contributed by atoms with van der Waals surface area (Å²) in [5.74, 6) is -0.0763. The van der Waals surface area contributed by atoms with E-state index in [0.29, 0.717) is 6.54 Å². The molecule has 2 N–H and O–H groups in total. The van der Waals surface area contributed by atoms with Gasteiger partial charge >= 0.3 is 0 Å². The van der Waals surface area contributed by atoms with Gasteiger partial charge in [-0.3, -0.25) is 4.79 Å². The van der Waals surface area contributed by atoms with Crippen LogP contribution in [0.2, 0.25) is 0 Å². The number of nitrogens with zero attached hydrogens (tertiary/aromatic N) is 1. The highest BCUT2D eigenvalue weighted by Crippen LogP contribution is 1.90. The summed E-state index contributed by atoms with van der Waals surface area (Å²) in [7, 11) is 0. The van der Waals surface area contributed by atoms with E-state index in [-0.39, 0.29) is 5.91 Å². The monoisotopic (exact) mass is 205 g/mol. The van der Waals surface area contributed by atoms with Gasteiger partial charge in [0.25, 0.3) is 0 Å². The Morgan fingerprint density at radius 3 is 3.13 bits per heavy atom. The Bertz CT molecular complexity index is 339. The number of aromatic nitrogens is 2. The topological polar surface area (TPSA) is 57.8 Å². The van der Waals surface area contributed by atoms with Crippen LogP contribution in [0, 0.1) is 0 Å².